The topological polar surface area (TPSA) is 81.9 Å². The number of halogens is 1. The number of hydrogen-bond donors (Lipinski definition) is 1. The monoisotopic (exact) mass is 417 g/mol. The lowest BCUT2D eigenvalue weighted by atomic mass is 10.2. The van der Waals surface area contributed by atoms with Crippen molar-refractivity contribution in [3.63, 3.8) is 0 Å². The van der Waals surface area contributed by atoms with E-state index in [0.29, 0.717) is 16.7 Å². The zero-order valence-corrected chi connectivity index (χ0v) is 17.3. The van der Waals surface area contributed by atoms with Crippen molar-refractivity contribution in [1.29, 1.82) is 0 Å². The molecule has 3 rings (SSSR count). The standard InChI is InChI=1S/C19H20ClN5O2S/c1-12-6-4-7-14(10-12)27-13(2)18-23-24-19(25(18)3)28-11-16(26)22-15-8-5-9-21-17(15)20/h4-10,13H,11H2,1-3H3,(H,22,26). The second-order valence-electron chi connectivity index (χ2n) is 6.16. The van der Waals surface area contributed by atoms with Crippen LogP contribution in [0.3, 0.4) is 0 Å². The molecule has 0 aliphatic heterocycles. The number of anilines is 1. The second-order valence-corrected chi connectivity index (χ2v) is 7.46. The number of nitrogens with one attached hydrogen (secondary N) is 1. The summed E-state index contributed by atoms with van der Waals surface area (Å²) >= 11 is 7.24. The minimum Gasteiger partial charge on any atom is -0.483 e. The molecule has 1 unspecified atom stereocenters. The molecule has 0 bridgehead atoms. The summed E-state index contributed by atoms with van der Waals surface area (Å²) in [4.78, 5) is 16.1. The van der Waals surface area contributed by atoms with Gasteiger partial charge in [0.05, 0.1) is 11.4 Å². The summed E-state index contributed by atoms with van der Waals surface area (Å²) in [6.07, 6.45) is 1.28. The van der Waals surface area contributed by atoms with E-state index in [0.717, 1.165) is 11.3 Å². The first kappa shape index (κ1) is 20.2. The molecule has 1 N–H and O–H groups in total. The van der Waals surface area contributed by atoms with Gasteiger partial charge in [-0.15, -0.1) is 10.2 Å². The van der Waals surface area contributed by atoms with E-state index in [9.17, 15) is 4.79 Å². The number of carbonyl (C=O) groups is 1. The van der Waals surface area contributed by atoms with Gasteiger partial charge in [-0.3, -0.25) is 4.79 Å². The van der Waals surface area contributed by atoms with Gasteiger partial charge in [0.15, 0.2) is 22.2 Å². The van der Waals surface area contributed by atoms with Crippen LogP contribution < -0.4 is 10.1 Å². The number of thioether (sulfide) groups is 1. The Morgan fingerprint density at radius 1 is 1.32 bits per heavy atom. The SMILES string of the molecule is Cc1cccc(OC(C)c2nnc(SCC(=O)Nc3cccnc3Cl)n2C)c1. The summed E-state index contributed by atoms with van der Waals surface area (Å²) in [6.45, 7) is 3.93. The van der Waals surface area contributed by atoms with Crippen LogP contribution in [-0.4, -0.2) is 31.4 Å². The van der Waals surface area contributed by atoms with Crippen LogP contribution in [0.15, 0.2) is 47.8 Å². The molecule has 146 valence electrons. The highest BCUT2D eigenvalue weighted by atomic mass is 35.5. The Morgan fingerprint density at radius 3 is 2.89 bits per heavy atom. The van der Waals surface area contributed by atoms with Gasteiger partial charge < -0.3 is 14.6 Å². The molecule has 0 spiro atoms. The number of aromatic nitrogens is 4. The van der Waals surface area contributed by atoms with E-state index in [4.69, 9.17) is 16.3 Å². The normalized spacial score (nSPS) is 11.9. The molecule has 28 heavy (non-hydrogen) atoms. The number of aryl methyl sites for hydroxylation is 1. The molecule has 1 aromatic carbocycles. The lowest BCUT2D eigenvalue weighted by Gasteiger charge is -2.14. The molecular formula is C19H20ClN5O2S. The van der Waals surface area contributed by atoms with Crippen molar-refractivity contribution in [1.82, 2.24) is 19.7 Å². The first-order valence-electron chi connectivity index (χ1n) is 8.60. The lowest BCUT2D eigenvalue weighted by molar-refractivity contribution is -0.113. The van der Waals surface area contributed by atoms with E-state index in [1.165, 1.54) is 11.8 Å². The van der Waals surface area contributed by atoms with Gasteiger partial charge in [-0.1, -0.05) is 35.5 Å². The van der Waals surface area contributed by atoms with Crippen LogP contribution in [0.1, 0.15) is 24.4 Å². The van der Waals surface area contributed by atoms with Crippen LogP contribution in [-0.2, 0) is 11.8 Å². The predicted molar refractivity (Wildman–Crippen MR) is 110 cm³/mol. The minimum absolute atomic E-state index is 0.171. The smallest absolute Gasteiger partial charge is 0.234 e. The summed E-state index contributed by atoms with van der Waals surface area (Å²) in [5.74, 6) is 1.43. The van der Waals surface area contributed by atoms with Gasteiger partial charge >= 0.3 is 0 Å². The van der Waals surface area contributed by atoms with E-state index < -0.39 is 0 Å². The van der Waals surface area contributed by atoms with Gasteiger partial charge in [-0.2, -0.15) is 0 Å². The molecular weight excluding hydrogens is 398 g/mol. The number of benzene rings is 1. The molecule has 2 heterocycles. The molecule has 3 aromatic rings. The molecule has 2 aromatic heterocycles. The third-order valence-electron chi connectivity index (χ3n) is 3.90. The predicted octanol–water partition coefficient (Wildman–Crippen LogP) is 4.04. The van der Waals surface area contributed by atoms with Gasteiger partial charge in [0.1, 0.15) is 5.75 Å². The van der Waals surface area contributed by atoms with Gasteiger partial charge in [0.25, 0.3) is 0 Å². The van der Waals surface area contributed by atoms with Crippen LogP contribution >= 0.6 is 23.4 Å². The van der Waals surface area contributed by atoms with Crippen molar-refractivity contribution in [3.8, 4) is 5.75 Å². The Bertz CT molecular complexity index is 978. The zero-order valence-electron chi connectivity index (χ0n) is 15.7. The average molecular weight is 418 g/mol. The highest BCUT2D eigenvalue weighted by Crippen LogP contribution is 2.24. The number of amides is 1. The first-order valence-corrected chi connectivity index (χ1v) is 9.96. The van der Waals surface area contributed by atoms with Gasteiger partial charge in [-0.25, -0.2) is 4.98 Å². The molecule has 7 nitrogen and oxygen atoms in total. The Labute approximate surface area is 172 Å². The number of hydrogen-bond acceptors (Lipinski definition) is 6. The summed E-state index contributed by atoms with van der Waals surface area (Å²) in [5, 5.41) is 12.0. The number of ether oxygens (including phenoxy) is 1. The van der Waals surface area contributed by atoms with Crippen LogP contribution in [0.25, 0.3) is 0 Å². The number of carbonyl (C=O) groups excluding carboxylic acids is 1. The minimum atomic E-state index is -0.281. The third-order valence-corrected chi connectivity index (χ3v) is 5.22. The quantitative estimate of drug-likeness (QED) is 0.461. The maximum atomic E-state index is 12.2. The van der Waals surface area contributed by atoms with Gasteiger partial charge in [0.2, 0.25) is 5.91 Å². The fourth-order valence-electron chi connectivity index (χ4n) is 2.55. The average Bonchev–Trinajstić information content (AvgIpc) is 3.02. The zero-order chi connectivity index (χ0) is 20.1. The van der Waals surface area contributed by atoms with Crippen LogP contribution in [0.4, 0.5) is 5.69 Å². The van der Waals surface area contributed by atoms with E-state index in [1.807, 2.05) is 49.7 Å². The van der Waals surface area contributed by atoms with E-state index in [2.05, 4.69) is 20.5 Å². The Hall–Kier alpha value is -2.58. The van der Waals surface area contributed by atoms with Crippen molar-refractivity contribution in [2.24, 2.45) is 7.05 Å². The lowest BCUT2D eigenvalue weighted by Crippen LogP contribution is -2.15. The van der Waals surface area contributed by atoms with Crippen molar-refractivity contribution >= 4 is 35.0 Å². The number of nitrogens with zero attached hydrogens (tertiary/aromatic N) is 4. The molecule has 0 saturated heterocycles. The van der Waals surface area contributed by atoms with Crippen molar-refractivity contribution in [3.05, 3.63) is 59.1 Å². The fourth-order valence-corrected chi connectivity index (χ4v) is 3.43. The van der Waals surface area contributed by atoms with Gasteiger partial charge in [-0.05, 0) is 43.7 Å². The Balaban J connectivity index is 1.59. The molecule has 0 aliphatic carbocycles. The maximum absolute atomic E-state index is 12.2. The maximum Gasteiger partial charge on any atom is 0.234 e. The van der Waals surface area contributed by atoms with Crippen LogP contribution in [0.2, 0.25) is 5.15 Å². The van der Waals surface area contributed by atoms with E-state index in [-0.39, 0.29) is 22.9 Å². The first-order chi connectivity index (χ1) is 13.4. The second kappa shape index (κ2) is 9.07. The van der Waals surface area contributed by atoms with Crippen molar-refractivity contribution < 1.29 is 9.53 Å². The molecule has 0 aliphatic rings. The third kappa shape index (κ3) is 5.02. The molecule has 0 radical (unpaired) electrons. The largest absolute Gasteiger partial charge is 0.483 e. The summed E-state index contributed by atoms with van der Waals surface area (Å²) < 4.78 is 7.79. The molecule has 9 heteroatoms. The summed E-state index contributed by atoms with van der Waals surface area (Å²) in [7, 11) is 1.85. The summed E-state index contributed by atoms with van der Waals surface area (Å²) in [5.41, 5.74) is 1.60. The van der Waals surface area contributed by atoms with Crippen LogP contribution in [0, 0.1) is 6.92 Å². The van der Waals surface area contributed by atoms with Crippen molar-refractivity contribution in [2.75, 3.05) is 11.1 Å². The molecule has 0 saturated carbocycles. The van der Waals surface area contributed by atoms with Gasteiger partial charge in [0, 0.05) is 13.2 Å². The van der Waals surface area contributed by atoms with E-state index >= 15 is 0 Å². The fraction of sp³-hybridized carbons (Fsp3) is 0.263. The Morgan fingerprint density at radius 2 is 2.14 bits per heavy atom. The van der Waals surface area contributed by atoms with Crippen LogP contribution in [0.5, 0.6) is 5.75 Å². The molecule has 1 amide bonds. The number of rotatable bonds is 7. The highest BCUT2D eigenvalue weighted by Gasteiger charge is 2.18. The summed E-state index contributed by atoms with van der Waals surface area (Å²) in [6, 6.07) is 11.2. The van der Waals surface area contributed by atoms with E-state index in [1.54, 1.807) is 18.3 Å². The van der Waals surface area contributed by atoms with Crippen molar-refractivity contribution in [2.45, 2.75) is 25.1 Å². The highest BCUT2D eigenvalue weighted by molar-refractivity contribution is 7.99. The number of pyridine rings is 1. The molecule has 1 atom stereocenters. The molecule has 0 fully saturated rings. The Kier molecular flexibility index (Phi) is 6.53.